The number of anilines is 1. The summed E-state index contributed by atoms with van der Waals surface area (Å²) >= 11 is 5.94. The number of rotatable bonds is 3. The van der Waals surface area contributed by atoms with E-state index in [1.807, 2.05) is 41.0 Å². The van der Waals surface area contributed by atoms with Crippen molar-refractivity contribution in [2.45, 2.75) is 18.9 Å². The van der Waals surface area contributed by atoms with Crippen molar-refractivity contribution >= 4 is 34.2 Å². The molecule has 0 aliphatic carbocycles. The fourth-order valence-electron chi connectivity index (χ4n) is 3.41. The predicted octanol–water partition coefficient (Wildman–Crippen LogP) is 3.84. The van der Waals surface area contributed by atoms with E-state index >= 15 is 0 Å². The third-order valence-corrected chi connectivity index (χ3v) is 4.81. The quantitative estimate of drug-likeness (QED) is 0.674. The van der Waals surface area contributed by atoms with Gasteiger partial charge in [-0.15, -0.1) is 6.42 Å². The third kappa shape index (κ3) is 2.77. The minimum atomic E-state index is 0.0175. The zero-order valence-corrected chi connectivity index (χ0v) is 14.3. The van der Waals surface area contributed by atoms with Crippen LogP contribution >= 0.6 is 11.6 Å². The first-order valence-electron chi connectivity index (χ1n) is 8.12. The van der Waals surface area contributed by atoms with Gasteiger partial charge in [0.15, 0.2) is 0 Å². The molecule has 1 fully saturated rings. The number of terminal acetylenes is 1. The zero-order chi connectivity index (χ0) is 17.4. The highest BCUT2D eigenvalue weighted by Gasteiger charge is 2.34. The lowest BCUT2D eigenvalue weighted by molar-refractivity contribution is -0.117. The molecule has 0 saturated carbocycles. The van der Waals surface area contributed by atoms with Crippen LogP contribution in [0.15, 0.2) is 48.5 Å². The Morgan fingerprint density at radius 1 is 1.20 bits per heavy atom. The molecular formula is C20H16ClN3O. The Morgan fingerprint density at radius 3 is 2.72 bits per heavy atom. The van der Waals surface area contributed by atoms with Crippen molar-refractivity contribution in [3.05, 3.63) is 59.4 Å². The minimum Gasteiger partial charge on any atom is -0.316 e. The summed E-state index contributed by atoms with van der Waals surface area (Å²) in [7, 11) is 0. The molecule has 0 bridgehead atoms. The van der Waals surface area contributed by atoms with Gasteiger partial charge in [0.1, 0.15) is 5.82 Å². The Balaban J connectivity index is 1.70. The van der Waals surface area contributed by atoms with Gasteiger partial charge in [-0.2, -0.15) is 0 Å². The fraction of sp³-hybridized carbons (Fsp3) is 0.200. The van der Waals surface area contributed by atoms with E-state index in [1.165, 1.54) is 0 Å². The number of para-hydroxylation sites is 2. The Morgan fingerprint density at radius 2 is 1.96 bits per heavy atom. The molecule has 1 aliphatic heterocycles. The summed E-state index contributed by atoms with van der Waals surface area (Å²) < 4.78 is 2.04. The van der Waals surface area contributed by atoms with Crippen molar-refractivity contribution in [1.29, 1.82) is 0 Å². The van der Waals surface area contributed by atoms with Crippen LogP contribution in [0.5, 0.6) is 0 Å². The molecule has 2 aromatic carbocycles. The summed E-state index contributed by atoms with van der Waals surface area (Å²) in [6.45, 7) is 1.04. The van der Waals surface area contributed by atoms with Crippen LogP contribution in [-0.2, 0) is 11.3 Å². The smallest absolute Gasteiger partial charge is 0.227 e. The normalized spacial score (nSPS) is 17.2. The van der Waals surface area contributed by atoms with Crippen LogP contribution in [0.3, 0.4) is 0 Å². The molecule has 0 radical (unpaired) electrons. The van der Waals surface area contributed by atoms with E-state index in [2.05, 4.69) is 5.92 Å². The number of carbonyl (C=O) groups excluding carboxylic acids is 1. The van der Waals surface area contributed by atoms with Crippen molar-refractivity contribution in [2.75, 3.05) is 11.4 Å². The number of hydrogen-bond donors (Lipinski definition) is 0. The Kier molecular flexibility index (Phi) is 3.95. The second-order valence-corrected chi connectivity index (χ2v) is 6.57. The SMILES string of the molecule is C#CCn1c([C@H]2CC(=O)N(c3ccc(Cl)cc3)C2)nc2ccccc21. The van der Waals surface area contributed by atoms with Crippen molar-refractivity contribution in [3.63, 3.8) is 0 Å². The van der Waals surface area contributed by atoms with Gasteiger partial charge in [0.25, 0.3) is 0 Å². The van der Waals surface area contributed by atoms with Crippen LogP contribution in [0.2, 0.25) is 5.02 Å². The summed E-state index contributed by atoms with van der Waals surface area (Å²) in [4.78, 5) is 19.1. The maximum Gasteiger partial charge on any atom is 0.227 e. The molecule has 1 saturated heterocycles. The first kappa shape index (κ1) is 15.7. The second kappa shape index (κ2) is 6.27. The molecule has 2 heterocycles. The number of fused-ring (bicyclic) bond motifs is 1. The number of benzene rings is 2. The zero-order valence-electron chi connectivity index (χ0n) is 13.5. The highest BCUT2D eigenvalue weighted by Crippen LogP contribution is 2.33. The Bertz CT molecular complexity index is 984. The molecule has 1 aromatic heterocycles. The monoisotopic (exact) mass is 349 g/mol. The van der Waals surface area contributed by atoms with Gasteiger partial charge >= 0.3 is 0 Å². The van der Waals surface area contributed by atoms with Gasteiger partial charge in [-0.1, -0.05) is 29.7 Å². The average molecular weight is 350 g/mol. The number of nitrogens with zero attached hydrogens (tertiary/aromatic N) is 3. The molecular weight excluding hydrogens is 334 g/mol. The molecule has 1 amide bonds. The molecule has 0 spiro atoms. The molecule has 4 rings (SSSR count). The molecule has 25 heavy (non-hydrogen) atoms. The molecule has 0 N–H and O–H groups in total. The first-order valence-corrected chi connectivity index (χ1v) is 8.49. The largest absolute Gasteiger partial charge is 0.316 e. The van der Waals surface area contributed by atoms with Gasteiger partial charge in [-0.3, -0.25) is 4.79 Å². The molecule has 1 atom stereocenters. The van der Waals surface area contributed by atoms with Gasteiger partial charge in [-0.05, 0) is 36.4 Å². The van der Waals surface area contributed by atoms with Crippen molar-refractivity contribution in [3.8, 4) is 12.3 Å². The van der Waals surface area contributed by atoms with Gasteiger partial charge in [0, 0.05) is 29.6 Å². The van der Waals surface area contributed by atoms with E-state index in [1.54, 1.807) is 17.0 Å². The molecule has 3 aromatic rings. The minimum absolute atomic E-state index is 0.0175. The van der Waals surface area contributed by atoms with E-state index in [-0.39, 0.29) is 11.8 Å². The summed E-state index contributed by atoms with van der Waals surface area (Å²) in [5.74, 6) is 3.68. The van der Waals surface area contributed by atoms with Crippen LogP contribution in [0.1, 0.15) is 18.2 Å². The summed E-state index contributed by atoms with van der Waals surface area (Å²) in [5, 5.41) is 0.655. The number of halogens is 1. The maximum atomic E-state index is 12.5. The molecule has 0 unspecified atom stereocenters. The number of imidazole rings is 1. The molecule has 5 heteroatoms. The Hall–Kier alpha value is -2.77. The van der Waals surface area contributed by atoms with Crippen molar-refractivity contribution in [2.24, 2.45) is 0 Å². The standard InChI is InChI=1S/C20H16ClN3O/c1-2-11-23-18-6-4-3-5-17(18)22-20(23)14-12-19(25)24(13-14)16-9-7-15(21)8-10-16/h1,3-10,14H,11-13H2/t14-/m0/s1. The third-order valence-electron chi connectivity index (χ3n) is 4.56. The van der Waals surface area contributed by atoms with Crippen LogP contribution in [0, 0.1) is 12.3 Å². The predicted molar refractivity (Wildman–Crippen MR) is 99.7 cm³/mol. The second-order valence-electron chi connectivity index (χ2n) is 6.13. The van der Waals surface area contributed by atoms with Crippen molar-refractivity contribution in [1.82, 2.24) is 9.55 Å². The number of aromatic nitrogens is 2. The topological polar surface area (TPSA) is 38.1 Å². The van der Waals surface area contributed by atoms with Gasteiger partial charge in [0.05, 0.1) is 17.6 Å². The Labute approximate surface area is 151 Å². The molecule has 4 nitrogen and oxygen atoms in total. The number of amides is 1. The highest BCUT2D eigenvalue weighted by molar-refractivity contribution is 6.30. The van der Waals surface area contributed by atoms with E-state index in [0.717, 1.165) is 22.5 Å². The van der Waals surface area contributed by atoms with Gasteiger partial charge in [-0.25, -0.2) is 4.98 Å². The lowest BCUT2D eigenvalue weighted by atomic mass is 10.1. The van der Waals surface area contributed by atoms with Crippen LogP contribution < -0.4 is 4.90 Å². The van der Waals surface area contributed by atoms with E-state index in [0.29, 0.717) is 24.5 Å². The van der Waals surface area contributed by atoms with Crippen LogP contribution in [-0.4, -0.2) is 22.0 Å². The first-order chi connectivity index (χ1) is 12.2. The summed E-state index contributed by atoms with van der Waals surface area (Å²) in [6.07, 6.45) is 5.98. The average Bonchev–Trinajstić information content (AvgIpc) is 3.17. The summed E-state index contributed by atoms with van der Waals surface area (Å²) in [5.41, 5.74) is 2.77. The highest BCUT2D eigenvalue weighted by atomic mass is 35.5. The maximum absolute atomic E-state index is 12.5. The number of hydrogen-bond acceptors (Lipinski definition) is 2. The fourth-order valence-corrected chi connectivity index (χ4v) is 3.54. The van der Waals surface area contributed by atoms with Gasteiger partial charge in [0.2, 0.25) is 5.91 Å². The van der Waals surface area contributed by atoms with Crippen LogP contribution in [0.4, 0.5) is 5.69 Å². The number of carbonyl (C=O) groups is 1. The van der Waals surface area contributed by atoms with Crippen molar-refractivity contribution < 1.29 is 4.79 Å². The van der Waals surface area contributed by atoms with E-state index in [4.69, 9.17) is 23.0 Å². The lowest BCUT2D eigenvalue weighted by Crippen LogP contribution is -2.24. The van der Waals surface area contributed by atoms with Crippen LogP contribution in [0.25, 0.3) is 11.0 Å². The van der Waals surface area contributed by atoms with Gasteiger partial charge < -0.3 is 9.47 Å². The molecule has 124 valence electrons. The lowest BCUT2D eigenvalue weighted by Gasteiger charge is -2.17. The van der Waals surface area contributed by atoms with E-state index in [9.17, 15) is 4.79 Å². The molecule has 1 aliphatic rings. The van der Waals surface area contributed by atoms with E-state index < -0.39 is 0 Å². The summed E-state index contributed by atoms with van der Waals surface area (Å²) in [6, 6.07) is 15.2.